The minimum atomic E-state index is -3.96. The molecular weight excluding hydrogens is 309 g/mol. The lowest BCUT2D eigenvalue weighted by Gasteiger charge is -2.12. The van der Waals surface area contributed by atoms with Crippen LogP contribution in [0.1, 0.15) is 0 Å². The summed E-state index contributed by atoms with van der Waals surface area (Å²) in [5, 5.41) is 0. The van der Waals surface area contributed by atoms with Gasteiger partial charge in [0.15, 0.2) is 0 Å². The number of hydrogen-bond donors (Lipinski definition) is 1. The summed E-state index contributed by atoms with van der Waals surface area (Å²) >= 11 is 1.45. The van der Waals surface area contributed by atoms with Crippen LogP contribution in [0.15, 0.2) is 71.0 Å². The topological polar surface area (TPSA) is 46.2 Å². The van der Waals surface area contributed by atoms with Crippen LogP contribution in [-0.4, -0.2) is 14.2 Å². The normalized spacial score (nSPS) is 11.1. The maximum atomic E-state index is 13.7. The standard InChI is InChI=1S/C15H14FNO2S2/c1-2-11-20-14-9-5-4-8-13(14)17-21(18,19)15-10-6-3-7-12(15)16/h2-10,17H,1,11H2. The molecule has 0 aliphatic carbocycles. The molecule has 21 heavy (non-hydrogen) atoms. The summed E-state index contributed by atoms with van der Waals surface area (Å²) in [4.78, 5) is 0.394. The molecule has 110 valence electrons. The third kappa shape index (κ3) is 3.86. The Morgan fingerprint density at radius 3 is 2.52 bits per heavy atom. The third-order valence-electron chi connectivity index (χ3n) is 2.61. The van der Waals surface area contributed by atoms with Crippen molar-refractivity contribution < 1.29 is 12.8 Å². The number of anilines is 1. The van der Waals surface area contributed by atoms with Crippen LogP contribution in [0, 0.1) is 5.82 Å². The number of halogens is 1. The molecule has 2 rings (SSSR count). The van der Waals surface area contributed by atoms with Gasteiger partial charge in [-0.25, -0.2) is 12.8 Å². The highest BCUT2D eigenvalue weighted by molar-refractivity contribution is 7.99. The number of benzene rings is 2. The van der Waals surface area contributed by atoms with Crippen molar-refractivity contribution in [3.63, 3.8) is 0 Å². The van der Waals surface area contributed by atoms with E-state index in [9.17, 15) is 12.8 Å². The molecule has 0 saturated heterocycles. The zero-order chi connectivity index (χ0) is 15.3. The van der Waals surface area contributed by atoms with Gasteiger partial charge in [-0.3, -0.25) is 4.72 Å². The van der Waals surface area contributed by atoms with Crippen molar-refractivity contribution in [2.45, 2.75) is 9.79 Å². The minimum Gasteiger partial charge on any atom is -0.278 e. The summed E-state index contributed by atoms with van der Waals surface area (Å²) in [6, 6.07) is 12.3. The molecule has 0 heterocycles. The van der Waals surface area contributed by atoms with Gasteiger partial charge in [-0.1, -0.05) is 30.3 Å². The molecule has 0 aliphatic heterocycles. The Morgan fingerprint density at radius 1 is 1.14 bits per heavy atom. The Labute approximate surface area is 127 Å². The monoisotopic (exact) mass is 323 g/mol. The second kappa shape index (κ2) is 6.78. The fourth-order valence-corrected chi connectivity index (χ4v) is 3.66. The first kappa shape index (κ1) is 15.6. The molecule has 0 radical (unpaired) electrons. The molecule has 0 amide bonds. The third-order valence-corrected chi connectivity index (χ3v) is 5.08. The van der Waals surface area contributed by atoms with E-state index in [0.717, 1.165) is 11.0 Å². The molecular formula is C15H14FNO2S2. The van der Waals surface area contributed by atoms with Crippen LogP contribution in [0.5, 0.6) is 0 Å². The maximum absolute atomic E-state index is 13.7. The lowest BCUT2D eigenvalue weighted by Crippen LogP contribution is -2.15. The molecule has 3 nitrogen and oxygen atoms in total. The van der Waals surface area contributed by atoms with Gasteiger partial charge in [-0.2, -0.15) is 0 Å². The SMILES string of the molecule is C=CCSc1ccccc1NS(=O)(=O)c1ccccc1F. The number of rotatable bonds is 6. The maximum Gasteiger partial charge on any atom is 0.264 e. The van der Waals surface area contributed by atoms with E-state index >= 15 is 0 Å². The fraction of sp³-hybridized carbons (Fsp3) is 0.0667. The van der Waals surface area contributed by atoms with E-state index in [1.807, 2.05) is 6.07 Å². The lowest BCUT2D eigenvalue weighted by atomic mass is 10.3. The van der Waals surface area contributed by atoms with Crippen LogP contribution in [0.3, 0.4) is 0 Å². The molecule has 0 aromatic heterocycles. The van der Waals surface area contributed by atoms with Crippen LogP contribution in [0.2, 0.25) is 0 Å². The highest BCUT2D eigenvalue weighted by Gasteiger charge is 2.19. The lowest BCUT2D eigenvalue weighted by molar-refractivity contribution is 0.570. The van der Waals surface area contributed by atoms with Gasteiger partial charge in [0.1, 0.15) is 10.7 Å². The quantitative estimate of drug-likeness (QED) is 0.648. The zero-order valence-electron chi connectivity index (χ0n) is 11.1. The number of thioether (sulfide) groups is 1. The zero-order valence-corrected chi connectivity index (χ0v) is 12.8. The van der Waals surface area contributed by atoms with Crippen LogP contribution in [0.25, 0.3) is 0 Å². The van der Waals surface area contributed by atoms with Gasteiger partial charge in [0.05, 0.1) is 5.69 Å². The summed E-state index contributed by atoms with van der Waals surface area (Å²) in [5.74, 6) is -0.125. The van der Waals surface area contributed by atoms with E-state index in [4.69, 9.17) is 0 Å². The summed E-state index contributed by atoms with van der Waals surface area (Å²) in [5.41, 5.74) is 0.424. The average Bonchev–Trinajstić information content (AvgIpc) is 2.46. The second-order valence-electron chi connectivity index (χ2n) is 4.13. The predicted molar refractivity (Wildman–Crippen MR) is 84.6 cm³/mol. The fourth-order valence-electron chi connectivity index (χ4n) is 1.69. The molecule has 0 atom stereocenters. The number of nitrogens with one attached hydrogen (secondary N) is 1. The number of hydrogen-bond acceptors (Lipinski definition) is 3. The summed E-state index contributed by atoms with van der Waals surface area (Å²) in [6.07, 6.45) is 1.73. The van der Waals surface area contributed by atoms with Crippen molar-refractivity contribution in [2.24, 2.45) is 0 Å². The van der Waals surface area contributed by atoms with Gasteiger partial charge in [-0.15, -0.1) is 18.3 Å². The average molecular weight is 323 g/mol. The smallest absolute Gasteiger partial charge is 0.264 e. The van der Waals surface area contributed by atoms with Crippen LogP contribution < -0.4 is 4.72 Å². The summed E-state index contributed by atoms with van der Waals surface area (Å²) < 4.78 is 40.6. The summed E-state index contributed by atoms with van der Waals surface area (Å²) in [6.45, 7) is 3.63. The Hall–Kier alpha value is -1.79. The molecule has 0 saturated carbocycles. The Kier molecular flexibility index (Phi) is 5.03. The summed E-state index contributed by atoms with van der Waals surface area (Å²) in [7, 11) is -3.96. The Bertz CT molecular complexity index is 745. The Morgan fingerprint density at radius 2 is 1.81 bits per heavy atom. The molecule has 1 N–H and O–H groups in total. The van der Waals surface area contributed by atoms with E-state index in [0.29, 0.717) is 11.4 Å². The second-order valence-corrected chi connectivity index (χ2v) is 6.84. The molecule has 0 unspecified atom stereocenters. The van der Waals surface area contributed by atoms with Gasteiger partial charge in [0.2, 0.25) is 0 Å². The van der Waals surface area contributed by atoms with Gasteiger partial charge in [-0.05, 0) is 24.3 Å². The van der Waals surface area contributed by atoms with Gasteiger partial charge < -0.3 is 0 Å². The van der Waals surface area contributed by atoms with E-state index in [-0.39, 0.29) is 4.90 Å². The van der Waals surface area contributed by atoms with Crippen molar-refractivity contribution in [2.75, 3.05) is 10.5 Å². The first-order chi connectivity index (χ1) is 10.0. The minimum absolute atomic E-state index is 0.367. The predicted octanol–water partition coefficient (Wildman–Crippen LogP) is 3.90. The molecule has 2 aromatic rings. The van der Waals surface area contributed by atoms with E-state index in [1.54, 1.807) is 24.3 Å². The van der Waals surface area contributed by atoms with Crippen LogP contribution in [0.4, 0.5) is 10.1 Å². The van der Waals surface area contributed by atoms with Crippen molar-refractivity contribution in [3.05, 3.63) is 67.0 Å². The largest absolute Gasteiger partial charge is 0.278 e. The van der Waals surface area contributed by atoms with Gasteiger partial charge >= 0.3 is 0 Å². The molecule has 0 fully saturated rings. The van der Waals surface area contributed by atoms with Crippen LogP contribution in [-0.2, 0) is 10.0 Å². The van der Waals surface area contributed by atoms with Crippen LogP contribution >= 0.6 is 11.8 Å². The Balaban J connectivity index is 2.33. The van der Waals surface area contributed by atoms with E-state index in [2.05, 4.69) is 11.3 Å². The van der Waals surface area contributed by atoms with E-state index < -0.39 is 15.8 Å². The number of sulfonamides is 1. The first-order valence-corrected chi connectivity index (χ1v) is 8.61. The van der Waals surface area contributed by atoms with E-state index in [1.165, 1.54) is 30.0 Å². The van der Waals surface area contributed by atoms with Gasteiger partial charge in [0, 0.05) is 10.6 Å². The molecule has 0 bridgehead atoms. The first-order valence-electron chi connectivity index (χ1n) is 6.14. The number of para-hydroxylation sites is 1. The highest BCUT2D eigenvalue weighted by Crippen LogP contribution is 2.29. The molecule has 6 heteroatoms. The molecule has 2 aromatic carbocycles. The molecule has 0 aliphatic rings. The van der Waals surface area contributed by atoms with Crippen molar-refractivity contribution in [1.82, 2.24) is 0 Å². The van der Waals surface area contributed by atoms with Crippen molar-refractivity contribution in [1.29, 1.82) is 0 Å². The van der Waals surface area contributed by atoms with Crippen molar-refractivity contribution >= 4 is 27.5 Å². The highest BCUT2D eigenvalue weighted by atomic mass is 32.2. The van der Waals surface area contributed by atoms with Gasteiger partial charge in [0.25, 0.3) is 10.0 Å². The van der Waals surface area contributed by atoms with Crippen molar-refractivity contribution in [3.8, 4) is 0 Å². The molecule has 0 spiro atoms.